The molecule has 2 aliphatic heterocycles. The highest BCUT2D eigenvalue weighted by molar-refractivity contribution is 5.98. The number of hydrogen-bond acceptors (Lipinski definition) is 5. The average molecular weight is 515 g/mol. The van der Waals surface area contributed by atoms with Gasteiger partial charge in [-0.25, -0.2) is 9.97 Å². The predicted molar refractivity (Wildman–Crippen MR) is 149 cm³/mol. The van der Waals surface area contributed by atoms with E-state index < -0.39 is 0 Å². The second kappa shape index (κ2) is 11.5. The van der Waals surface area contributed by atoms with Crippen LogP contribution in [0.25, 0.3) is 0 Å². The molecule has 1 saturated carbocycles. The average Bonchev–Trinajstić information content (AvgIpc) is 3.74. The van der Waals surface area contributed by atoms with Crippen LogP contribution in [0.3, 0.4) is 0 Å². The highest BCUT2D eigenvalue weighted by Gasteiger charge is 2.41. The molecule has 2 N–H and O–H groups in total. The Labute approximate surface area is 226 Å². The number of carbonyl (C=O) groups is 1. The standard InChI is InChI=1S/C31H42N6O/c38-30(26(20-28-32-13-14-33-28)21-29-34-15-16-35-29)25-8-6-24(7-9-25)22-36-17-10-31(23-36)11-18-37(19-12-31)27-4-2-1-3-5-27/h6-9,13-16,26-27H,1-5,10-12,17-23H2,(H,32,33)(H,34,35). The molecular weight excluding hydrogens is 472 g/mol. The number of hydrogen-bond donors (Lipinski definition) is 2. The highest BCUT2D eigenvalue weighted by Crippen LogP contribution is 2.42. The number of Topliss-reactive ketones (excluding diaryl/α,β-unsaturated/α-hetero) is 1. The summed E-state index contributed by atoms with van der Waals surface area (Å²) in [5.74, 6) is 1.60. The normalized spacial score (nSPS) is 21.0. The van der Waals surface area contributed by atoms with Crippen molar-refractivity contribution in [3.05, 3.63) is 71.8 Å². The van der Waals surface area contributed by atoms with E-state index in [-0.39, 0.29) is 11.7 Å². The summed E-state index contributed by atoms with van der Waals surface area (Å²) in [5.41, 5.74) is 2.59. The van der Waals surface area contributed by atoms with E-state index in [1.165, 1.54) is 83.1 Å². The van der Waals surface area contributed by atoms with Crippen LogP contribution in [0.1, 0.15) is 78.9 Å². The monoisotopic (exact) mass is 514 g/mol. The van der Waals surface area contributed by atoms with E-state index >= 15 is 0 Å². The minimum Gasteiger partial charge on any atom is -0.349 e. The summed E-state index contributed by atoms with van der Waals surface area (Å²) >= 11 is 0. The van der Waals surface area contributed by atoms with Gasteiger partial charge in [0, 0.05) is 68.2 Å². The van der Waals surface area contributed by atoms with Gasteiger partial charge >= 0.3 is 0 Å². The van der Waals surface area contributed by atoms with Crippen molar-refractivity contribution in [3.8, 4) is 0 Å². The summed E-state index contributed by atoms with van der Waals surface area (Å²) in [6.07, 6.45) is 19.4. The van der Waals surface area contributed by atoms with Gasteiger partial charge in [-0.3, -0.25) is 9.69 Å². The van der Waals surface area contributed by atoms with Crippen LogP contribution in [-0.4, -0.2) is 67.7 Å². The van der Waals surface area contributed by atoms with Gasteiger partial charge in [0.25, 0.3) is 0 Å². The first-order valence-corrected chi connectivity index (χ1v) is 14.7. The Bertz CT molecular complexity index is 1110. The second-order valence-electron chi connectivity index (χ2n) is 12.0. The van der Waals surface area contributed by atoms with Crippen molar-refractivity contribution in [2.75, 3.05) is 26.2 Å². The largest absolute Gasteiger partial charge is 0.349 e. The van der Waals surface area contributed by atoms with Crippen molar-refractivity contribution in [1.29, 1.82) is 0 Å². The van der Waals surface area contributed by atoms with Crippen LogP contribution < -0.4 is 0 Å². The maximum atomic E-state index is 13.5. The van der Waals surface area contributed by atoms with E-state index in [4.69, 9.17) is 0 Å². The van der Waals surface area contributed by atoms with Crippen LogP contribution in [0.15, 0.2) is 49.1 Å². The molecule has 7 nitrogen and oxygen atoms in total. The number of likely N-dealkylation sites (tertiary alicyclic amines) is 2. The predicted octanol–water partition coefficient (Wildman–Crippen LogP) is 5.04. The van der Waals surface area contributed by atoms with Crippen LogP contribution in [0.2, 0.25) is 0 Å². The molecule has 0 unspecified atom stereocenters. The zero-order valence-electron chi connectivity index (χ0n) is 22.6. The number of imidazole rings is 2. The first-order valence-electron chi connectivity index (χ1n) is 14.7. The zero-order chi connectivity index (χ0) is 25.8. The molecule has 0 amide bonds. The summed E-state index contributed by atoms with van der Waals surface area (Å²) in [6, 6.07) is 9.20. The lowest BCUT2D eigenvalue weighted by molar-refractivity contribution is 0.0615. The lowest BCUT2D eigenvalue weighted by Crippen LogP contribution is -2.46. The van der Waals surface area contributed by atoms with Gasteiger partial charge in [0.15, 0.2) is 5.78 Å². The molecule has 6 rings (SSSR count). The van der Waals surface area contributed by atoms with Crippen molar-refractivity contribution in [1.82, 2.24) is 29.7 Å². The fourth-order valence-corrected chi connectivity index (χ4v) is 7.19. The topological polar surface area (TPSA) is 80.9 Å². The van der Waals surface area contributed by atoms with Gasteiger partial charge in [-0.15, -0.1) is 0 Å². The van der Waals surface area contributed by atoms with Gasteiger partial charge in [0.05, 0.1) is 0 Å². The molecule has 2 aromatic heterocycles. The van der Waals surface area contributed by atoms with E-state index in [9.17, 15) is 4.79 Å². The molecule has 1 aliphatic carbocycles. The summed E-state index contributed by atoms with van der Waals surface area (Å²) in [6.45, 7) is 5.99. The Hall–Kier alpha value is -2.77. The lowest BCUT2D eigenvalue weighted by atomic mass is 9.77. The quantitative estimate of drug-likeness (QED) is 0.391. The summed E-state index contributed by atoms with van der Waals surface area (Å²) in [7, 11) is 0. The molecule has 0 bridgehead atoms. The number of rotatable bonds is 9. The molecule has 38 heavy (non-hydrogen) atoms. The Balaban J connectivity index is 1.04. The molecule has 1 aromatic carbocycles. The molecule has 1 spiro atoms. The third kappa shape index (κ3) is 5.94. The molecule has 3 fully saturated rings. The molecule has 202 valence electrons. The van der Waals surface area contributed by atoms with Crippen LogP contribution in [-0.2, 0) is 19.4 Å². The van der Waals surface area contributed by atoms with Crippen molar-refractivity contribution >= 4 is 5.78 Å². The summed E-state index contributed by atoms with van der Waals surface area (Å²) in [5, 5.41) is 0. The second-order valence-corrected chi connectivity index (χ2v) is 12.0. The van der Waals surface area contributed by atoms with E-state index in [1.54, 1.807) is 24.8 Å². The van der Waals surface area contributed by atoms with E-state index in [1.807, 2.05) is 12.1 Å². The van der Waals surface area contributed by atoms with Gasteiger partial charge in [-0.05, 0) is 62.7 Å². The number of benzene rings is 1. The van der Waals surface area contributed by atoms with Crippen LogP contribution in [0.4, 0.5) is 0 Å². The number of H-pyrrole nitrogens is 2. The Morgan fingerprint density at radius 2 is 1.53 bits per heavy atom. The van der Waals surface area contributed by atoms with E-state index in [2.05, 4.69) is 41.9 Å². The van der Waals surface area contributed by atoms with Crippen molar-refractivity contribution < 1.29 is 4.79 Å². The third-order valence-electron chi connectivity index (χ3n) is 9.47. The van der Waals surface area contributed by atoms with Crippen LogP contribution >= 0.6 is 0 Å². The maximum absolute atomic E-state index is 13.5. The Morgan fingerprint density at radius 1 is 0.895 bits per heavy atom. The van der Waals surface area contributed by atoms with E-state index in [0.717, 1.165) is 29.8 Å². The summed E-state index contributed by atoms with van der Waals surface area (Å²) < 4.78 is 0. The molecule has 0 atom stereocenters. The number of ketones is 1. The first-order chi connectivity index (χ1) is 18.7. The fraction of sp³-hybridized carbons (Fsp3) is 0.581. The molecule has 2 saturated heterocycles. The van der Waals surface area contributed by atoms with Gasteiger partial charge in [0.2, 0.25) is 0 Å². The smallest absolute Gasteiger partial charge is 0.166 e. The highest BCUT2D eigenvalue weighted by atomic mass is 16.1. The van der Waals surface area contributed by atoms with Crippen molar-refractivity contribution in [2.24, 2.45) is 11.3 Å². The number of nitrogens with one attached hydrogen (secondary N) is 2. The van der Waals surface area contributed by atoms with Gasteiger partial charge < -0.3 is 14.9 Å². The van der Waals surface area contributed by atoms with Crippen LogP contribution in [0.5, 0.6) is 0 Å². The number of aromatic nitrogens is 4. The molecule has 7 heteroatoms. The minimum atomic E-state index is -0.212. The molecule has 3 aliphatic rings. The van der Waals surface area contributed by atoms with Crippen molar-refractivity contribution in [3.63, 3.8) is 0 Å². The summed E-state index contributed by atoms with van der Waals surface area (Å²) in [4.78, 5) is 33.9. The van der Waals surface area contributed by atoms with E-state index in [0.29, 0.717) is 18.3 Å². The van der Waals surface area contributed by atoms with Gasteiger partial charge in [-0.2, -0.15) is 0 Å². The first kappa shape index (κ1) is 25.5. The number of nitrogens with zero attached hydrogens (tertiary/aromatic N) is 4. The zero-order valence-corrected chi connectivity index (χ0v) is 22.6. The Kier molecular flexibility index (Phi) is 7.75. The molecule has 0 radical (unpaired) electrons. The minimum absolute atomic E-state index is 0.147. The Morgan fingerprint density at radius 3 is 2.13 bits per heavy atom. The maximum Gasteiger partial charge on any atom is 0.166 e. The lowest BCUT2D eigenvalue weighted by Gasteiger charge is -2.43. The van der Waals surface area contributed by atoms with Gasteiger partial charge in [-0.1, -0.05) is 43.5 Å². The van der Waals surface area contributed by atoms with Crippen molar-refractivity contribution in [2.45, 2.75) is 76.8 Å². The third-order valence-corrected chi connectivity index (χ3v) is 9.47. The van der Waals surface area contributed by atoms with Crippen LogP contribution in [0, 0.1) is 11.3 Å². The fourth-order valence-electron chi connectivity index (χ4n) is 7.19. The molecule has 4 heterocycles. The SMILES string of the molecule is O=C(c1ccc(CN2CCC3(CCN(C4CCCCC4)CC3)C2)cc1)C(Cc1ncc[nH]1)Cc1ncc[nH]1. The number of aromatic amines is 2. The molecular formula is C31H42N6O. The van der Waals surface area contributed by atoms with Gasteiger partial charge in [0.1, 0.15) is 11.6 Å². The number of carbonyl (C=O) groups excluding carboxylic acids is 1. The molecule has 3 aromatic rings. The number of piperidine rings is 1.